The van der Waals surface area contributed by atoms with Crippen molar-refractivity contribution < 1.29 is 9.18 Å². The summed E-state index contributed by atoms with van der Waals surface area (Å²) in [5.41, 5.74) is 1.94. The van der Waals surface area contributed by atoms with Crippen molar-refractivity contribution in [2.45, 2.75) is 50.6 Å². The van der Waals surface area contributed by atoms with Gasteiger partial charge in [0.2, 0.25) is 5.95 Å². The summed E-state index contributed by atoms with van der Waals surface area (Å²) in [7, 11) is 0. The van der Waals surface area contributed by atoms with E-state index in [-0.39, 0.29) is 23.6 Å². The standard InChI is InChI=1S/C24H26FN7O/c1-14-16-8-19(9-16)31(22(14)13-28-24-26-11-17(12-27-24)15-2-3-15)23(33)20-10-18(25)4-5-21(20)32-29-6-7-30-32/h4-7,10-12,14-16,19,22H,2-3,8-9,13H2,1H3,(H,26,27,28). The Bertz CT molecular complexity index is 1160. The Morgan fingerprint density at radius 3 is 2.58 bits per heavy atom. The number of carbonyl (C=O) groups excluding carboxylic acids is 1. The first-order valence-electron chi connectivity index (χ1n) is 11.6. The smallest absolute Gasteiger partial charge is 0.256 e. The van der Waals surface area contributed by atoms with Crippen LogP contribution in [0.5, 0.6) is 0 Å². The van der Waals surface area contributed by atoms with E-state index in [1.54, 1.807) is 18.5 Å². The van der Waals surface area contributed by atoms with E-state index in [1.807, 2.05) is 17.3 Å². The van der Waals surface area contributed by atoms with Gasteiger partial charge in [-0.2, -0.15) is 15.0 Å². The summed E-state index contributed by atoms with van der Waals surface area (Å²) in [6, 6.07) is 4.30. The summed E-state index contributed by atoms with van der Waals surface area (Å²) < 4.78 is 14.2. The quantitative estimate of drug-likeness (QED) is 0.623. The zero-order chi connectivity index (χ0) is 22.5. The summed E-state index contributed by atoms with van der Waals surface area (Å²) in [6.07, 6.45) is 11.3. The van der Waals surface area contributed by atoms with Gasteiger partial charge in [0, 0.05) is 25.0 Å². The zero-order valence-corrected chi connectivity index (χ0v) is 18.4. The summed E-state index contributed by atoms with van der Waals surface area (Å²) in [6.45, 7) is 2.75. The molecule has 1 aromatic carbocycles. The van der Waals surface area contributed by atoms with Crippen LogP contribution < -0.4 is 5.32 Å². The lowest BCUT2D eigenvalue weighted by atomic mass is 9.64. The Labute approximate surface area is 191 Å². The highest BCUT2D eigenvalue weighted by Crippen LogP contribution is 2.47. The molecule has 2 unspecified atom stereocenters. The van der Waals surface area contributed by atoms with E-state index in [9.17, 15) is 9.18 Å². The van der Waals surface area contributed by atoms with Crippen LogP contribution in [0.4, 0.5) is 10.3 Å². The summed E-state index contributed by atoms with van der Waals surface area (Å²) >= 11 is 0. The maximum Gasteiger partial charge on any atom is 0.256 e. The molecule has 33 heavy (non-hydrogen) atoms. The highest BCUT2D eigenvalue weighted by Gasteiger charge is 2.50. The maximum absolute atomic E-state index is 14.2. The second-order valence-corrected chi connectivity index (χ2v) is 9.50. The van der Waals surface area contributed by atoms with Gasteiger partial charge in [0.05, 0.1) is 29.7 Å². The van der Waals surface area contributed by atoms with Crippen LogP contribution in [0.1, 0.15) is 54.4 Å². The number of hydrogen-bond donors (Lipinski definition) is 1. The van der Waals surface area contributed by atoms with Crippen molar-refractivity contribution in [3.63, 3.8) is 0 Å². The number of benzene rings is 1. The number of amides is 1. The van der Waals surface area contributed by atoms with Gasteiger partial charge in [-0.1, -0.05) is 6.92 Å². The van der Waals surface area contributed by atoms with E-state index in [0.29, 0.717) is 35.9 Å². The van der Waals surface area contributed by atoms with Crippen molar-refractivity contribution >= 4 is 11.9 Å². The molecule has 2 atom stereocenters. The van der Waals surface area contributed by atoms with Gasteiger partial charge in [-0.3, -0.25) is 4.79 Å². The van der Waals surface area contributed by atoms with Crippen LogP contribution in [0.15, 0.2) is 43.0 Å². The Kier molecular flexibility index (Phi) is 4.85. The normalized spacial score (nSPS) is 26.1. The van der Waals surface area contributed by atoms with Gasteiger partial charge in [-0.15, -0.1) is 0 Å². The highest BCUT2D eigenvalue weighted by molar-refractivity contribution is 5.98. The third-order valence-electron chi connectivity index (χ3n) is 7.50. The van der Waals surface area contributed by atoms with Gasteiger partial charge in [0.25, 0.3) is 5.91 Å². The second-order valence-electron chi connectivity index (χ2n) is 9.50. The van der Waals surface area contributed by atoms with E-state index in [4.69, 9.17) is 0 Å². The van der Waals surface area contributed by atoms with Crippen molar-refractivity contribution in [3.05, 3.63) is 59.9 Å². The second kappa shape index (κ2) is 7.90. The monoisotopic (exact) mass is 447 g/mol. The first-order chi connectivity index (χ1) is 16.1. The van der Waals surface area contributed by atoms with E-state index in [1.165, 1.54) is 35.3 Å². The van der Waals surface area contributed by atoms with Crippen molar-refractivity contribution in [2.24, 2.45) is 11.8 Å². The van der Waals surface area contributed by atoms with Crippen molar-refractivity contribution in [3.8, 4) is 5.69 Å². The largest absolute Gasteiger partial charge is 0.352 e. The number of halogens is 1. The fraction of sp³-hybridized carbons (Fsp3) is 0.458. The minimum Gasteiger partial charge on any atom is -0.352 e. The summed E-state index contributed by atoms with van der Waals surface area (Å²) in [4.78, 5) is 26.1. The van der Waals surface area contributed by atoms with Crippen molar-refractivity contribution in [2.75, 3.05) is 11.9 Å². The molecule has 9 heteroatoms. The fourth-order valence-corrected chi connectivity index (χ4v) is 5.31. The molecule has 4 aliphatic rings. The molecule has 2 saturated heterocycles. The Morgan fingerprint density at radius 2 is 1.88 bits per heavy atom. The first kappa shape index (κ1) is 20.3. The van der Waals surface area contributed by atoms with Crippen LogP contribution in [-0.2, 0) is 0 Å². The van der Waals surface area contributed by atoms with Crippen molar-refractivity contribution in [1.29, 1.82) is 0 Å². The lowest BCUT2D eigenvalue weighted by Gasteiger charge is -2.57. The van der Waals surface area contributed by atoms with E-state index in [2.05, 4.69) is 32.4 Å². The van der Waals surface area contributed by atoms with Crippen LogP contribution >= 0.6 is 0 Å². The van der Waals surface area contributed by atoms with Gasteiger partial charge in [0.1, 0.15) is 5.82 Å². The number of rotatable bonds is 6. The van der Waals surface area contributed by atoms with Crippen molar-refractivity contribution in [1.82, 2.24) is 29.9 Å². The SMILES string of the molecule is CC1C2CC(C2)N(C(=O)c2cc(F)ccc2-n2nccn2)C1CNc1ncc(C2CC2)cn1. The molecular weight excluding hydrogens is 421 g/mol. The Balaban J connectivity index is 1.26. The molecule has 4 heterocycles. The Hall–Kier alpha value is -3.36. The van der Waals surface area contributed by atoms with Crippen LogP contribution in [0.2, 0.25) is 0 Å². The zero-order valence-electron chi connectivity index (χ0n) is 18.4. The first-order valence-corrected chi connectivity index (χ1v) is 11.6. The predicted octanol–water partition coefficient (Wildman–Crippen LogP) is 3.43. The average Bonchev–Trinajstić information content (AvgIpc) is 3.51. The van der Waals surface area contributed by atoms with Gasteiger partial charge in [-0.25, -0.2) is 14.4 Å². The van der Waals surface area contributed by atoms with Crippen LogP contribution in [0, 0.1) is 17.7 Å². The molecule has 8 nitrogen and oxygen atoms in total. The molecule has 2 bridgehead atoms. The summed E-state index contributed by atoms with van der Waals surface area (Å²) in [5.74, 6) is 1.46. The minimum absolute atomic E-state index is 0.0385. The van der Waals surface area contributed by atoms with E-state index >= 15 is 0 Å². The average molecular weight is 448 g/mol. The number of nitrogens with one attached hydrogen (secondary N) is 1. The van der Waals surface area contributed by atoms with Crippen LogP contribution in [-0.4, -0.2) is 54.4 Å². The molecule has 0 spiro atoms. The van der Waals surface area contributed by atoms with E-state index < -0.39 is 5.82 Å². The van der Waals surface area contributed by atoms with E-state index in [0.717, 1.165) is 12.8 Å². The third-order valence-corrected chi connectivity index (χ3v) is 7.50. The summed E-state index contributed by atoms with van der Waals surface area (Å²) in [5, 5.41) is 11.6. The molecule has 3 aromatic rings. The number of hydrogen-bond acceptors (Lipinski definition) is 6. The lowest BCUT2D eigenvalue weighted by molar-refractivity contribution is -0.0502. The van der Waals surface area contributed by atoms with Gasteiger partial charge in [0.15, 0.2) is 0 Å². The van der Waals surface area contributed by atoms with Crippen LogP contribution in [0.3, 0.4) is 0 Å². The van der Waals surface area contributed by atoms with Crippen LogP contribution in [0.25, 0.3) is 5.69 Å². The molecule has 1 N–H and O–H groups in total. The number of nitrogens with zero attached hydrogens (tertiary/aromatic N) is 6. The molecule has 0 radical (unpaired) electrons. The molecule has 2 aliphatic heterocycles. The predicted molar refractivity (Wildman–Crippen MR) is 119 cm³/mol. The third kappa shape index (κ3) is 3.65. The molecule has 2 aromatic heterocycles. The number of aromatic nitrogens is 5. The maximum atomic E-state index is 14.2. The number of anilines is 1. The molecular formula is C24H26FN7O. The molecule has 2 saturated carbocycles. The van der Waals surface area contributed by atoms with Gasteiger partial charge >= 0.3 is 0 Å². The minimum atomic E-state index is -0.454. The number of carbonyl (C=O) groups is 1. The molecule has 2 aliphatic carbocycles. The lowest BCUT2D eigenvalue weighted by Crippen LogP contribution is -2.64. The van der Waals surface area contributed by atoms with Gasteiger partial charge < -0.3 is 10.2 Å². The molecule has 4 fully saturated rings. The fourth-order valence-electron chi connectivity index (χ4n) is 5.31. The highest BCUT2D eigenvalue weighted by atomic mass is 19.1. The van der Waals surface area contributed by atoms with Gasteiger partial charge in [-0.05, 0) is 67.2 Å². The molecule has 1 amide bonds. The topological polar surface area (TPSA) is 88.8 Å². The Morgan fingerprint density at radius 1 is 1.15 bits per heavy atom. The molecule has 7 rings (SSSR count). The number of fused-ring (bicyclic) bond motifs is 2. The molecule has 170 valence electrons. The number of piperidine rings is 2.